The SMILES string of the molecule is COC(C)CN(C)c1ccc(N)cc1C(=O)O. The molecule has 0 aromatic heterocycles. The van der Waals surface area contributed by atoms with E-state index < -0.39 is 5.97 Å². The van der Waals surface area contributed by atoms with Crippen LogP contribution in [0.2, 0.25) is 0 Å². The molecule has 1 rings (SSSR count). The van der Waals surface area contributed by atoms with Crippen molar-refractivity contribution in [2.24, 2.45) is 0 Å². The van der Waals surface area contributed by atoms with Gasteiger partial charge in [0.05, 0.1) is 17.4 Å². The first kappa shape index (κ1) is 13.3. The van der Waals surface area contributed by atoms with Gasteiger partial charge in [0.25, 0.3) is 0 Å². The number of likely N-dealkylation sites (N-methyl/N-ethyl adjacent to an activating group) is 1. The van der Waals surface area contributed by atoms with E-state index in [-0.39, 0.29) is 11.7 Å². The lowest BCUT2D eigenvalue weighted by atomic mass is 10.1. The number of ether oxygens (including phenoxy) is 1. The van der Waals surface area contributed by atoms with E-state index in [0.29, 0.717) is 17.9 Å². The van der Waals surface area contributed by atoms with Crippen molar-refractivity contribution in [1.82, 2.24) is 0 Å². The molecule has 1 atom stereocenters. The van der Waals surface area contributed by atoms with E-state index in [1.165, 1.54) is 6.07 Å². The molecular weight excluding hydrogens is 220 g/mol. The summed E-state index contributed by atoms with van der Waals surface area (Å²) in [4.78, 5) is 13.0. The average Bonchev–Trinajstić information content (AvgIpc) is 2.28. The smallest absolute Gasteiger partial charge is 0.337 e. The molecule has 0 aliphatic heterocycles. The van der Waals surface area contributed by atoms with E-state index in [4.69, 9.17) is 15.6 Å². The second-order valence-corrected chi connectivity index (χ2v) is 4.01. The summed E-state index contributed by atoms with van der Waals surface area (Å²) in [5.41, 5.74) is 6.87. The number of methoxy groups -OCH3 is 1. The van der Waals surface area contributed by atoms with E-state index in [1.807, 2.05) is 18.9 Å². The van der Waals surface area contributed by atoms with Gasteiger partial charge in [0, 0.05) is 26.4 Å². The Balaban J connectivity index is 3.00. The Hall–Kier alpha value is -1.75. The summed E-state index contributed by atoms with van der Waals surface area (Å²) in [5.74, 6) is -0.982. The molecule has 1 aromatic rings. The molecule has 5 heteroatoms. The monoisotopic (exact) mass is 238 g/mol. The number of nitrogens with two attached hydrogens (primary N) is 1. The van der Waals surface area contributed by atoms with Crippen molar-refractivity contribution < 1.29 is 14.6 Å². The van der Waals surface area contributed by atoms with Crippen molar-refractivity contribution >= 4 is 17.3 Å². The molecule has 0 aliphatic rings. The van der Waals surface area contributed by atoms with Crippen molar-refractivity contribution in [3.05, 3.63) is 23.8 Å². The maximum atomic E-state index is 11.1. The molecule has 0 fully saturated rings. The topological polar surface area (TPSA) is 75.8 Å². The fourth-order valence-electron chi connectivity index (χ4n) is 1.62. The molecule has 0 saturated heterocycles. The number of anilines is 2. The van der Waals surface area contributed by atoms with Crippen LogP contribution in [-0.2, 0) is 4.74 Å². The molecule has 0 heterocycles. The largest absolute Gasteiger partial charge is 0.478 e. The summed E-state index contributed by atoms with van der Waals surface area (Å²) >= 11 is 0. The number of aromatic carboxylic acids is 1. The quantitative estimate of drug-likeness (QED) is 0.759. The van der Waals surface area contributed by atoms with Crippen LogP contribution in [0.1, 0.15) is 17.3 Å². The molecule has 0 aliphatic carbocycles. The number of hydrogen-bond acceptors (Lipinski definition) is 4. The fraction of sp³-hybridized carbons (Fsp3) is 0.417. The molecular formula is C12H18N2O3. The van der Waals surface area contributed by atoms with Gasteiger partial charge in [0.2, 0.25) is 0 Å². The molecule has 0 bridgehead atoms. The van der Waals surface area contributed by atoms with Gasteiger partial charge in [-0.1, -0.05) is 0 Å². The van der Waals surface area contributed by atoms with Crippen molar-refractivity contribution in [3.63, 3.8) is 0 Å². The molecule has 0 radical (unpaired) electrons. The van der Waals surface area contributed by atoms with Gasteiger partial charge in [-0.25, -0.2) is 4.79 Å². The number of hydrogen-bond donors (Lipinski definition) is 2. The van der Waals surface area contributed by atoms with Crippen LogP contribution in [0.3, 0.4) is 0 Å². The lowest BCUT2D eigenvalue weighted by Crippen LogP contribution is -2.29. The van der Waals surface area contributed by atoms with Crippen LogP contribution < -0.4 is 10.6 Å². The highest BCUT2D eigenvalue weighted by Crippen LogP contribution is 2.22. The van der Waals surface area contributed by atoms with E-state index >= 15 is 0 Å². The minimum absolute atomic E-state index is 0.0270. The number of nitrogen functional groups attached to an aromatic ring is 1. The second kappa shape index (κ2) is 5.54. The first-order valence-electron chi connectivity index (χ1n) is 5.32. The minimum atomic E-state index is -0.982. The van der Waals surface area contributed by atoms with Gasteiger partial charge in [-0.15, -0.1) is 0 Å². The van der Waals surface area contributed by atoms with Crippen LogP contribution in [0.4, 0.5) is 11.4 Å². The third kappa shape index (κ3) is 3.35. The molecule has 1 unspecified atom stereocenters. The van der Waals surface area contributed by atoms with Crippen LogP contribution in [0, 0.1) is 0 Å². The lowest BCUT2D eigenvalue weighted by molar-refractivity contribution is 0.0697. The maximum Gasteiger partial charge on any atom is 0.337 e. The molecule has 1 aromatic carbocycles. The number of carbonyl (C=O) groups is 1. The number of carboxylic acid groups (broad SMARTS) is 1. The first-order valence-corrected chi connectivity index (χ1v) is 5.32. The number of benzene rings is 1. The summed E-state index contributed by atoms with van der Waals surface area (Å²) in [5, 5.41) is 9.12. The van der Waals surface area contributed by atoms with E-state index in [1.54, 1.807) is 19.2 Å². The van der Waals surface area contributed by atoms with Gasteiger partial charge in [-0.3, -0.25) is 0 Å². The van der Waals surface area contributed by atoms with Crippen molar-refractivity contribution in [1.29, 1.82) is 0 Å². The highest BCUT2D eigenvalue weighted by Gasteiger charge is 2.15. The molecule has 5 nitrogen and oxygen atoms in total. The van der Waals surface area contributed by atoms with E-state index in [2.05, 4.69) is 0 Å². The summed E-state index contributed by atoms with van der Waals surface area (Å²) in [6.45, 7) is 2.54. The Morgan fingerprint density at radius 3 is 2.76 bits per heavy atom. The summed E-state index contributed by atoms with van der Waals surface area (Å²) in [6.07, 6.45) is 0.0270. The zero-order valence-electron chi connectivity index (χ0n) is 10.3. The molecule has 17 heavy (non-hydrogen) atoms. The van der Waals surface area contributed by atoms with Crippen LogP contribution in [0.5, 0.6) is 0 Å². The number of carboxylic acids is 1. The zero-order chi connectivity index (χ0) is 13.0. The van der Waals surface area contributed by atoms with E-state index in [0.717, 1.165) is 0 Å². The number of nitrogens with zero attached hydrogens (tertiary/aromatic N) is 1. The Bertz CT molecular complexity index is 407. The molecule has 0 amide bonds. The maximum absolute atomic E-state index is 11.1. The number of rotatable bonds is 5. The minimum Gasteiger partial charge on any atom is -0.478 e. The van der Waals surface area contributed by atoms with Crippen LogP contribution in [0.25, 0.3) is 0 Å². The van der Waals surface area contributed by atoms with Crippen LogP contribution >= 0.6 is 0 Å². The van der Waals surface area contributed by atoms with Crippen molar-refractivity contribution in [2.75, 3.05) is 31.3 Å². The fourth-order valence-corrected chi connectivity index (χ4v) is 1.62. The van der Waals surface area contributed by atoms with Crippen LogP contribution in [0.15, 0.2) is 18.2 Å². The van der Waals surface area contributed by atoms with Crippen LogP contribution in [-0.4, -0.2) is 37.9 Å². The Morgan fingerprint density at radius 1 is 1.59 bits per heavy atom. The Labute approximate surface area is 101 Å². The summed E-state index contributed by atoms with van der Waals surface area (Å²) < 4.78 is 5.15. The Kier molecular flexibility index (Phi) is 4.34. The molecule has 0 spiro atoms. The van der Waals surface area contributed by atoms with Gasteiger partial charge in [-0.05, 0) is 25.1 Å². The van der Waals surface area contributed by atoms with Crippen molar-refractivity contribution in [3.8, 4) is 0 Å². The third-order valence-electron chi connectivity index (χ3n) is 2.60. The molecule has 0 saturated carbocycles. The summed E-state index contributed by atoms with van der Waals surface area (Å²) in [6, 6.07) is 4.86. The highest BCUT2D eigenvalue weighted by molar-refractivity contribution is 5.95. The second-order valence-electron chi connectivity index (χ2n) is 4.01. The normalized spacial score (nSPS) is 12.2. The first-order chi connectivity index (χ1) is 7.95. The lowest BCUT2D eigenvalue weighted by Gasteiger charge is -2.24. The molecule has 94 valence electrons. The van der Waals surface area contributed by atoms with Gasteiger partial charge in [-0.2, -0.15) is 0 Å². The van der Waals surface area contributed by atoms with Gasteiger partial charge >= 0.3 is 5.97 Å². The zero-order valence-corrected chi connectivity index (χ0v) is 10.3. The standard InChI is InChI=1S/C12H18N2O3/c1-8(17-3)7-14(2)11-5-4-9(13)6-10(11)12(15)16/h4-6,8H,7,13H2,1-3H3,(H,15,16). The Morgan fingerprint density at radius 2 is 2.24 bits per heavy atom. The van der Waals surface area contributed by atoms with E-state index in [9.17, 15) is 4.79 Å². The van der Waals surface area contributed by atoms with Gasteiger partial charge < -0.3 is 20.5 Å². The average molecular weight is 238 g/mol. The van der Waals surface area contributed by atoms with Gasteiger partial charge in [0.1, 0.15) is 0 Å². The van der Waals surface area contributed by atoms with Gasteiger partial charge in [0.15, 0.2) is 0 Å². The van der Waals surface area contributed by atoms with Crippen molar-refractivity contribution in [2.45, 2.75) is 13.0 Å². The summed E-state index contributed by atoms with van der Waals surface area (Å²) in [7, 11) is 3.45. The predicted molar refractivity (Wildman–Crippen MR) is 67.6 cm³/mol. The molecule has 3 N–H and O–H groups in total. The third-order valence-corrected chi connectivity index (χ3v) is 2.60. The highest BCUT2D eigenvalue weighted by atomic mass is 16.5. The predicted octanol–water partition coefficient (Wildman–Crippen LogP) is 1.44.